The van der Waals surface area contributed by atoms with Gasteiger partial charge in [0.05, 0.1) is 12.5 Å². The number of carboxylic acid groups (broad SMARTS) is 2. The molecule has 0 amide bonds. The number of carboxylic acids is 2. The van der Waals surface area contributed by atoms with Gasteiger partial charge in [0, 0.05) is 6.04 Å². The predicted octanol–water partition coefficient (Wildman–Crippen LogP) is 0.223. The van der Waals surface area contributed by atoms with Crippen LogP contribution in [-0.2, 0) is 19.1 Å². The standard InChI is InChI=1S/C9H17NO2.C2H2O4/c1-2-12-9(11)7-5-3-4-6-8(7)10;3-1(4)2(5)6/h7-8H,2-6,10H2,1H3;(H,3,4)(H,5,6). The number of esters is 1. The van der Waals surface area contributed by atoms with Crippen LogP contribution in [0.1, 0.15) is 32.6 Å². The number of nitrogens with two attached hydrogens (primary N) is 1. The normalized spacial score (nSPS) is 22.3. The molecule has 18 heavy (non-hydrogen) atoms. The fourth-order valence-electron chi connectivity index (χ4n) is 1.70. The third kappa shape index (κ3) is 6.19. The zero-order valence-electron chi connectivity index (χ0n) is 10.3. The van der Waals surface area contributed by atoms with Gasteiger partial charge in [-0.3, -0.25) is 4.79 Å². The molecule has 0 aromatic rings. The van der Waals surface area contributed by atoms with Gasteiger partial charge in [0.1, 0.15) is 0 Å². The zero-order valence-corrected chi connectivity index (χ0v) is 10.3. The van der Waals surface area contributed by atoms with Crippen LogP contribution in [0.5, 0.6) is 0 Å². The van der Waals surface area contributed by atoms with Crippen molar-refractivity contribution in [2.24, 2.45) is 11.7 Å². The van der Waals surface area contributed by atoms with Gasteiger partial charge in [0.2, 0.25) is 0 Å². The van der Waals surface area contributed by atoms with Crippen LogP contribution in [-0.4, -0.2) is 40.8 Å². The molecule has 4 N–H and O–H groups in total. The minimum Gasteiger partial charge on any atom is -0.473 e. The van der Waals surface area contributed by atoms with E-state index in [4.69, 9.17) is 30.3 Å². The van der Waals surface area contributed by atoms with Crippen molar-refractivity contribution in [2.45, 2.75) is 38.6 Å². The summed E-state index contributed by atoms with van der Waals surface area (Å²) in [6.07, 6.45) is 4.12. The average Bonchev–Trinajstić information content (AvgIpc) is 2.30. The second kappa shape index (κ2) is 8.46. The SMILES string of the molecule is CCOC(=O)C1CCCCC1N.O=C(O)C(=O)O. The lowest BCUT2D eigenvalue weighted by Crippen LogP contribution is -2.38. The van der Waals surface area contributed by atoms with Crippen LogP contribution in [0.25, 0.3) is 0 Å². The highest BCUT2D eigenvalue weighted by atomic mass is 16.5. The molecular formula is C11H19NO6. The molecular weight excluding hydrogens is 242 g/mol. The highest BCUT2D eigenvalue weighted by molar-refractivity contribution is 6.27. The maximum Gasteiger partial charge on any atom is 0.414 e. The molecule has 1 aliphatic carbocycles. The van der Waals surface area contributed by atoms with E-state index in [2.05, 4.69) is 0 Å². The molecule has 2 unspecified atom stereocenters. The van der Waals surface area contributed by atoms with Crippen molar-refractivity contribution in [2.75, 3.05) is 6.61 Å². The molecule has 1 aliphatic rings. The molecule has 0 bridgehead atoms. The lowest BCUT2D eigenvalue weighted by molar-refractivity contribution is -0.159. The number of ether oxygens (including phenoxy) is 1. The van der Waals surface area contributed by atoms with Crippen LogP contribution in [0.15, 0.2) is 0 Å². The monoisotopic (exact) mass is 261 g/mol. The molecule has 0 aliphatic heterocycles. The van der Waals surface area contributed by atoms with Gasteiger partial charge in [-0.1, -0.05) is 12.8 Å². The van der Waals surface area contributed by atoms with Gasteiger partial charge < -0.3 is 20.7 Å². The van der Waals surface area contributed by atoms with Gasteiger partial charge in [-0.05, 0) is 19.8 Å². The van der Waals surface area contributed by atoms with E-state index in [1.807, 2.05) is 6.92 Å². The Bertz CT molecular complexity index is 292. The Morgan fingerprint density at radius 2 is 1.67 bits per heavy atom. The van der Waals surface area contributed by atoms with Crippen molar-refractivity contribution in [1.29, 1.82) is 0 Å². The molecule has 0 aromatic carbocycles. The molecule has 1 rings (SSSR count). The number of aliphatic carboxylic acids is 2. The first-order valence-corrected chi connectivity index (χ1v) is 5.78. The summed E-state index contributed by atoms with van der Waals surface area (Å²) in [6.45, 7) is 2.29. The molecule has 7 heteroatoms. The minimum absolute atomic E-state index is 0.0257. The van der Waals surface area contributed by atoms with Crippen molar-refractivity contribution in [3.05, 3.63) is 0 Å². The van der Waals surface area contributed by atoms with Crippen LogP contribution >= 0.6 is 0 Å². The Morgan fingerprint density at radius 1 is 1.17 bits per heavy atom. The maximum atomic E-state index is 11.3. The molecule has 2 atom stereocenters. The number of hydrogen-bond donors (Lipinski definition) is 3. The summed E-state index contributed by atoms with van der Waals surface area (Å²) in [7, 11) is 0. The summed E-state index contributed by atoms with van der Waals surface area (Å²) >= 11 is 0. The molecule has 0 radical (unpaired) electrons. The smallest absolute Gasteiger partial charge is 0.414 e. The van der Waals surface area contributed by atoms with Crippen molar-refractivity contribution >= 4 is 17.9 Å². The quantitative estimate of drug-likeness (QED) is 0.479. The van der Waals surface area contributed by atoms with Gasteiger partial charge in [-0.15, -0.1) is 0 Å². The fraction of sp³-hybridized carbons (Fsp3) is 0.727. The van der Waals surface area contributed by atoms with E-state index in [0.29, 0.717) is 6.61 Å². The Morgan fingerprint density at radius 3 is 2.06 bits per heavy atom. The average molecular weight is 261 g/mol. The third-order valence-electron chi connectivity index (χ3n) is 2.59. The zero-order chi connectivity index (χ0) is 14.1. The van der Waals surface area contributed by atoms with Crippen molar-refractivity contribution < 1.29 is 29.3 Å². The van der Waals surface area contributed by atoms with Crippen LogP contribution in [0, 0.1) is 5.92 Å². The highest BCUT2D eigenvalue weighted by Crippen LogP contribution is 2.23. The number of hydrogen-bond acceptors (Lipinski definition) is 5. The van der Waals surface area contributed by atoms with Crippen LogP contribution < -0.4 is 5.73 Å². The van der Waals surface area contributed by atoms with Gasteiger partial charge in [-0.2, -0.15) is 0 Å². The van der Waals surface area contributed by atoms with Crippen LogP contribution in [0.4, 0.5) is 0 Å². The van der Waals surface area contributed by atoms with E-state index in [1.54, 1.807) is 0 Å². The Labute approximate surface area is 105 Å². The number of carbonyl (C=O) groups excluding carboxylic acids is 1. The molecule has 0 aromatic heterocycles. The van der Waals surface area contributed by atoms with E-state index in [-0.39, 0.29) is 17.9 Å². The van der Waals surface area contributed by atoms with E-state index < -0.39 is 11.9 Å². The van der Waals surface area contributed by atoms with Gasteiger partial charge in [0.25, 0.3) is 0 Å². The summed E-state index contributed by atoms with van der Waals surface area (Å²) in [5.74, 6) is -3.80. The van der Waals surface area contributed by atoms with Gasteiger partial charge >= 0.3 is 17.9 Å². The fourth-order valence-corrected chi connectivity index (χ4v) is 1.70. The highest BCUT2D eigenvalue weighted by Gasteiger charge is 2.28. The van der Waals surface area contributed by atoms with E-state index in [9.17, 15) is 4.79 Å². The first kappa shape index (κ1) is 16.4. The second-order valence-corrected chi connectivity index (χ2v) is 3.92. The molecule has 7 nitrogen and oxygen atoms in total. The summed E-state index contributed by atoms with van der Waals surface area (Å²) < 4.78 is 4.93. The predicted molar refractivity (Wildman–Crippen MR) is 61.8 cm³/mol. The first-order valence-electron chi connectivity index (χ1n) is 5.78. The Hall–Kier alpha value is -1.63. The van der Waals surface area contributed by atoms with Crippen molar-refractivity contribution in [3.63, 3.8) is 0 Å². The third-order valence-corrected chi connectivity index (χ3v) is 2.59. The molecule has 1 saturated carbocycles. The maximum absolute atomic E-state index is 11.3. The minimum atomic E-state index is -1.82. The Kier molecular flexibility index (Phi) is 7.69. The lowest BCUT2D eigenvalue weighted by Gasteiger charge is -2.26. The van der Waals surface area contributed by atoms with Gasteiger partial charge in [0.15, 0.2) is 0 Å². The summed E-state index contributed by atoms with van der Waals surface area (Å²) in [5, 5.41) is 14.8. The lowest BCUT2D eigenvalue weighted by atomic mass is 9.85. The van der Waals surface area contributed by atoms with Crippen molar-refractivity contribution in [1.82, 2.24) is 0 Å². The van der Waals surface area contributed by atoms with Gasteiger partial charge in [-0.25, -0.2) is 9.59 Å². The Balaban J connectivity index is 0.000000411. The summed E-state index contributed by atoms with van der Waals surface area (Å²) in [4.78, 5) is 29.5. The molecule has 0 spiro atoms. The van der Waals surface area contributed by atoms with Crippen molar-refractivity contribution in [3.8, 4) is 0 Å². The second-order valence-electron chi connectivity index (χ2n) is 3.92. The summed E-state index contributed by atoms with van der Waals surface area (Å²) in [6, 6.07) is 0.0257. The van der Waals surface area contributed by atoms with E-state index >= 15 is 0 Å². The summed E-state index contributed by atoms with van der Waals surface area (Å²) in [5.41, 5.74) is 5.81. The largest absolute Gasteiger partial charge is 0.473 e. The molecule has 1 fully saturated rings. The van der Waals surface area contributed by atoms with E-state index in [0.717, 1.165) is 25.7 Å². The van der Waals surface area contributed by atoms with Crippen LogP contribution in [0.2, 0.25) is 0 Å². The van der Waals surface area contributed by atoms with E-state index in [1.165, 1.54) is 0 Å². The number of carbonyl (C=O) groups is 3. The molecule has 0 heterocycles. The first-order chi connectivity index (χ1) is 8.40. The van der Waals surface area contributed by atoms with Crippen LogP contribution in [0.3, 0.4) is 0 Å². The number of rotatable bonds is 2. The molecule has 104 valence electrons. The molecule has 0 saturated heterocycles. The topological polar surface area (TPSA) is 127 Å².